The maximum absolute atomic E-state index is 12.4. The molecule has 2 aliphatic rings. The van der Waals surface area contributed by atoms with E-state index in [4.69, 9.17) is 10.5 Å². The van der Waals surface area contributed by atoms with Crippen molar-refractivity contribution in [2.45, 2.75) is 57.0 Å². The van der Waals surface area contributed by atoms with Gasteiger partial charge < -0.3 is 15.4 Å². The number of methoxy groups -OCH3 is 1. The SMILES string of the molecule is COCCC(N)C(=O)N1CCCC2CCCCC21. The van der Waals surface area contributed by atoms with Gasteiger partial charge in [0.25, 0.3) is 0 Å². The first-order valence-corrected chi connectivity index (χ1v) is 7.29. The summed E-state index contributed by atoms with van der Waals surface area (Å²) in [4.78, 5) is 14.5. The third kappa shape index (κ3) is 3.04. The number of likely N-dealkylation sites (tertiary alicyclic amines) is 1. The third-order valence-corrected chi connectivity index (χ3v) is 4.48. The Hall–Kier alpha value is -0.610. The lowest BCUT2D eigenvalue weighted by Gasteiger charge is -2.45. The molecule has 4 heteroatoms. The fourth-order valence-electron chi connectivity index (χ4n) is 3.48. The van der Waals surface area contributed by atoms with Crippen LogP contribution in [0.25, 0.3) is 0 Å². The number of rotatable bonds is 4. The molecule has 104 valence electrons. The number of nitrogens with two attached hydrogens (primary N) is 1. The fourth-order valence-corrected chi connectivity index (χ4v) is 3.48. The molecule has 1 saturated heterocycles. The summed E-state index contributed by atoms with van der Waals surface area (Å²) in [6.45, 7) is 1.47. The monoisotopic (exact) mass is 254 g/mol. The maximum Gasteiger partial charge on any atom is 0.239 e. The lowest BCUT2D eigenvalue weighted by Crippen LogP contribution is -2.54. The van der Waals surface area contributed by atoms with Gasteiger partial charge >= 0.3 is 0 Å². The molecule has 2 N–H and O–H groups in total. The quantitative estimate of drug-likeness (QED) is 0.828. The minimum Gasteiger partial charge on any atom is -0.385 e. The van der Waals surface area contributed by atoms with E-state index in [2.05, 4.69) is 4.90 Å². The molecule has 0 aromatic heterocycles. The Morgan fingerprint density at radius 1 is 1.33 bits per heavy atom. The Morgan fingerprint density at radius 3 is 2.83 bits per heavy atom. The molecule has 1 saturated carbocycles. The van der Waals surface area contributed by atoms with Gasteiger partial charge in [0.05, 0.1) is 6.04 Å². The van der Waals surface area contributed by atoms with Crippen molar-refractivity contribution in [3.8, 4) is 0 Å². The van der Waals surface area contributed by atoms with Crippen molar-refractivity contribution < 1.29 is 9.53 Å². The molecule has 2 rings (SSSR count). The van der Waals surface area contributed by atoms with Gasteiger partial charge in [-0.05, 0) is 38.0 Å². The molecule has 0 radical (unpaired) electrons. The van der Waals surface area contributed by atoms with Gasteiger partial charge in [-0.1, -0.05) is 12.8 Å². The van der Waals surface area contributed by atoms with Crippen molar-refractivity contribution in [3.05, 3.63) is 0 Å². The first-order valence-electron chi connectivity index (χ1n) is 7.29. The molecule has 0 aromatic carbocycles. The number of hydrogen-bond donors (Lipinski definition) is 1. The van der Waals surface area contributed by atoms with Gasteiger partial charge in [-0.15, -0.1) is 0 Å². The molecule has 0 aromatic rings. The van der Waals surface area contributed by atoms with E-state index in [-0.39, 0.29) is 11.9 Å². The summed E-state index contributed by atoms with van der Waals surface area (Å²) < 4.78 is 5.01. The minimum absolute atomic E-state index is 0.142. The Bertz CT molecular complexity index is 281. The highest BCUT2D eigenvalue weighted by atomic mass is 16.5. The lowest BCUT2D eigenvalue weighted by atomic mass is 9.78. The van der Waals surface area contributed by atoms with E-state index in [9.17, 15) is 4.79 Å². The zero-order valence-corrected chi connectivity index (χ0v) is 11.4. The Labute approximate surface area is 110 Å². The molecule has 4 nitrogen and oxygen atoms in total. The summed E-state index contributed by atoms with van der Waals surface area (Å²) >= 11 is 0. The van der Waals surface area contributed by atoms with E-state index in [0.717, 1.165) is 18.9 Å². The van der Waals surface area contributed by atoms with Crippen LogP contribution in [0.2, 0.25) is 0 Å². The molecule has 2 fully saturated rings. The van der Waals surface area contributed by atoms with Crippen molar-refractivity contribution in [1.29, 1.82) is 0 Å². The van der Waals surface area contributed by atoms with Crippen LogP contribution in [0.3, 0.4) is 0 Å². The topological polar surface area (TPSA) is 55.6 Å². The van der Waals surface area contributed by atoms with E-state index in [0.29, 0.717) is 19.1 Å². The van der Waals surface area contributed by atoms with Crippen molar-refractivity contribution in [1.82, 2.24) is 4.90 Å². The van der Waals surface area contributed by atoms with Crippen LogP contribution >= 0.6 is 0 Å². The van der Waals surface area contributed by atoms with Crippen LogP contribution in [0.4, 0.5) is 0 Å². The highest BCUT2D eigenvalue weighted by Crippen LogP contribution is 2.35. The van der Waals surface area contributed by atoms with Crippen LogP contribution in [-0.4, -0.2) is 43.2 Å². The summed E-state index contributed by atoms with van der Waals surface area (Å²) in [6.07, 6.45) is 8.13. The van der Waals surface area contributed by atoms with Gasteiger partial charge in [-0.25, -0.2) is 0 Å². The summed E-state index contributed by atoms with van der Waals surface area (Å²) in [5, 5.41) is 0. The molecule has 3 atom stereocenters. The number of piperidine rings is 1. The standard InChI is InChI=1S/C14H26N2O2/c1-18-10-8-12(15)14(17)16-9-4-6-11-5-2-3-7-13(11)16/h11-13H,2-10,15H2,1H3. The van der Waals surface area contributed by atoms with E-state index in [1.54, 1.807) is 7.11 Å². The number of nitrogens with zero attached hydrogens (tertiary/aromatic N) is 1. The number of fused-ring (bicyclic) bond motifs is 1. The summed E-state index contributed by atoms with van der Waals surface area (Å²) in [7, 11) is 1.65. The predicted molar refractivity (Wildman–Crippen MR) is 71.2 cm³/mol. The van der Waals surface area contributed by atoms with Crippen molar-refractivity contribution in [3.63, 3.8) is 0 Å². The van der Waals surface area contributed by atoms with Crippen molar-refractivity contribution in [2.24, 2.45) is 11.7 Å². The van der Waals surface area contributed by atoms with Crippen LogP contribution in [0.15, 0.2) is 0 Å². The molecule has 1 heterocycles. The molecular formula is C14H26N2O2. The highest BCUT2D eigenvalue weighted by molar-refractivity contribution is 5.82. The molecular weight excluding hydrogens is 228 g/mol. The Kier molecular flexibility index (Phi) is 5.01. The number of ether oxygens (including phenoxy) is 1. The van der Waals surface area contributed by atoms with Gasteiger partial charge in [0.2, 0.25) is 5.91 Å². The molecule has 1 aliphatic heterocycles. The van der Waals surface area contributed by atoms with Crippen LogP contribution in [-0.2, 0) is 9.53 Å². The van der Waals surface area contributed by atoms with Crippen molar-refractivity contribution in [2.75, 3.05) is 20.3 Å². The van der Waals surface area contributed by atoms with E-state index < -0.39 is 0 Å². The molecule has 1 amide bonds. The second-order valence-corrected chi connectivity index (χ2v) is 5.67. The molecule has 0 spiro atoms. The average Bonchev–Trinajstić information content (AvgIpc) is 2.43. The zero-order valence-electron chi connectivity index (χ0n) is 11.4. The first-order chi connectivity index (χ1) is 8.74. The number of amides is 1. The smallest absolute Gasteiger partial charge is 0.239 e. The normalized spacial score (nSPS) is 29.8. The van der Waals surface area contributed by atoms with Crippen LogP contribution < -0.4 is 5.73 Å². The number of carbonyl (C=O) groups is 1. The van der Waals surface area contributed by atoms with Gasteiger partial charge in [0, 0.05) is 26.3 Å². The maximum atomic E-state index is 12.4. The number of hydrogen-bond acceptors (Lipinski definition) is 3. The molecule has 18 heavy (non-hydrogen) atoms. The Balaban J connectivity index is 1.95. The van der Waals surface area contributed by atoms with Gasteiger partial charge in [0.15, 0.2) is 0 Å². The van der Waals surface area contributed by atoms with Crippen molar-refractivity contribution >= 4 is 5.91 Å². The van der Waals surface area contributed by atoms with Crippen LogP contribution in [0.1, 0.15) is 44.9 Å². The Morgan fingerprint density at radius 2 is 2.06 bits per heavy atom. The predicted octanol–water partition coefficient (Wildman–Crippen LogP) is 1.53. The summed E-state index contributed by atoms with van der Waals surface area (Å²) in [5.74, 6) is 0.870. The largest absolute Gasteiger partial charge is 0.385 e. The second-order valence-electron chi connectivity index (χ2n) is 5.67. The minimum atomic E-state index is -0.384. The van der Waals surface area contributed by atoms with Crippen LogP contribution in [0.5, 0.6) is 0 Å². The van der Waals surface area contributed by atoms with E-state index >= 15 is 0 Å². The van der Waals surface area contributed by atoms with Gasteiger partial charge in [-0.3, -0.25) is 4.79 Å². The first kappa shape index (κ1) is 13.8. The van der Waals surface area contributed by atoms with Crippen LogP contribution in [0, 0.1) is 5.92 Å². The number of carbonyl (C=O) groups excluding carboxylic acids is 1. The highest BCUT2D eigenvalue weighted by Gasteiger charge is 2.36. The molecule has 3 unspecified atom stereocenters. The summed E-state index contributed by atoms with van der Waals surface area (Å²) in [6, 6.07) is 0.0826. The second kappa shape index (κ2) is 6.53. The van der Waals surface area contributed by atoms with Gasteiger partial charge in [0.1, 0.15) is 0 Å². The van der Waals surface area contributed by atoms with E-state index in [1.807, 2.05) is 0 Å². The fraction of sp³-hybridized carbons (Fsp3) is 0.929. The lowest BCUT2D eigenvalue weighted by molar-refractivity contribution is -0.139. The van der Waals surface area contributed by atoms with E-state index in [1.165, 1.54) is 32.1 Å². The zero-order chi connectivity index (χ0) is 13.0. The summed E-state index contributed by atoms with van der Waals surface area (Å²) in [5.41, 5.74) is 5.98. The average molecular weight is 254 g/mol. The van der Waals surface area contributed by atoms with Gasteiger partial charge in [-0.2, -0.15) is 0 Å². The molecule has 0 bridgehead atoms. The third-order valence-electron chi connectivity index (χ3n) is 4.48. The molecule has 1 aliphatic carbocycles.